The molecule has 3 aromatic rings. The van der Waals surface area contributed by atoms with Gasteiger partial charge in [0.05, 0.1) is 22.8 Å². The molecule has 0 aliphatic rings. The van der Waals surface area contributed by atoms with Crippen LogP contribution in [0.15, 0.2) is 71.9 Å². The van der Waals surface area contributed by atoms with E-state index < -0.39 is 10.0 Å². The molecule has 1 amide bonds. The number of sulfonamides is 1. The van der Waals surface area contributed by atoms with E-state index in [1.54, 1.807) is 18.3 Å². The number of carbonyl (C=O) groups is 1. The van der Waals surface area contributed by atoms with E-state index in [9.17, 15) is 13.2 Å². The van der Waals surface area contributed by atoms with Crippen LogP contribution in [0, 0.1) is 0 Å². The van der Waals surface area contributed by atoms with E-state index in [0.717, 1.165) is 16.8 Å². The van der Waals surface area contributed by atoms with Gasteiger partial charge in [0.15, 0.2) is 0 Å². The molecule has 0 aliphatic heterocycles. The minimum Gasteiger partial charge on any atom is -0.354 e. The van der Waals surface area contributed by atoms with E-state index in [-0.39, 0.29) is 16.8 Å². The Hall–Kier alpha value is -3.01. The lowest BCUT2D eigenvalue weighted by atomic mass is 10.1. The van der Waals surface area contributed by atoms with Crippen molar-refractivity contribution in [2.75, 3.05) is 13.6 Å². The summed E-state index contributed by atoms with van der Waals surface area (Å²) in [6, 6.07) is 15.9. The van der Waals surface area contributed by atoms with Crippen molar-refractivity contribution in [3.63, 3.8) is 0 Å². The van der Waals surface area contributed by atoms with Crippen molar-refractivity contribution in [3.05, 3.63) is 78.1 Å². The second-order valence-electron chi connectivity index (χ2n) is 7.45. The van der Waals surface area contributed by atoms with Crippen LogP contribution in [0.3, 0.4) is 0 Å². The first kappa shape index (κ1) is 22.7. The molecule has 0 radical (unpaired) electrons. The fourth-order valence-corrected chi connectivity index (χ4v) is 3.63. The van der Waals surface area contributed by atoms with Gasteiger partial charge in [-0.15, -0.1) is 0 Å². The third-order valence-electron chi connectivity index (χ3n) is 5.09. The molecule has 0 bridgehead atoms. The van der Waals surface area contributed by atoms with Gasteiger partial charge in [-0.05, 0) is 50.2 Å². The van der Waals surface area contributed by atoms with Crippen LogP contribution in [0.5, 0.6) is 0 Å². The van der Waals surface area contributed by atoms with Crippen LogP contribution in [0.2, 0.25) is 0 Å². The van der Waals surface area contributed by atoms with Gasteiger partial charge in [-0.1, -0.05) is 30.3 Å². The largest absolute Gasteiger partial charge is 0.354 e. The molecule has 9 heteroatoms. The Morgan fingerprint density at radius 2 is 1.81 bits per heavy atom. The van der Waals surface area contributed by atoms with Gasteiger partial charge in [0.2, 0.25) is 15.9 Å². The summed E-state index contributed by atoms with van der Waals surface area (Å²) in [7, 11) is -1.80. The number of benzene rings is 2. The number of hydrogen-bond acceptors (Lipinski definition) is 5. The molecule has 3 rings (SSSR count). The average molecular weight is 442 g/mol. The van der Waals surface area contributed by atoms with Gasteiger partial charge in [0.25, 0.3) is 0 Å². The second kappa shape index (κ2) is 9.86. The summed E-state index contributed by atoms with van der Waals surface area (Å²) in [6.07, 6.45) is 4.36. The highest BCUT2D eigenvalue weighted by Gasteiger charge is 2.18. The predicted octanol–water partition coefficient (Wildman–Crippen LogP) is 1.70. The summed E-state index contributed by atoms with van der Waals surface area (Å²) in [5.41, 5.74) is 2.92. The molecule has 3 N–H and O–H groups in total. The molecule has 0 aliphatic carbocycles. The zero-order chi connectivity index (χ0) is 22.4. The lowest BCUT2D eigenvalue weighted by Gasteiger charge is -2.23. The van der Waals surface area contributed by atoms with Crippen LogP contribution in [0.1, 0.15) is 18.1 Å². The minimum atomic E-state index is -3.70. The molecule has 164 valence electrons. The van der Waals surface area contributed by atoms with Crippen molar-refractivity contribution < 1.29 is 13.2 Å². The van der Waals surface area contributed by atoms with Crippen molar-refractivity contribution in [2.24, 2.45) is 5.14 Å². The number of hydrogen-bond donors (Lipinski definition) is 2. The van der Waals surface area contributed by atoms with Crippen molar-refractivity contribution in [1.29, 1.82) is 0 Å². The lowest BCUT2D eigenvalue weighted by molar-refractivity contribution is -0.125. The van der Waals surface area contributed by atoms with E-state index in [1.165, 1.54) is 12.1 Å². The Morgan fingerprint density at radius 1 is 1.13 bits per heavy atom. The van der Waals surface area contributed by atoms with Crippen molar-refractivity contribution in [3.8, 4) is 5.69 Å². The number of nitrogens with zero attached hydrogens (tertiary/aromatic N) is 3. The van der Waals surface area contributed by atoms with E-state index >= 15 is 0 Å². The number of amides is 1. The van der Waals surface area contributed by atoms with Crippen LogP contribution in [0.25, 0.3) is 5.69 Å². The van der Waals surface area contributed by atoms with Gasteiger partial charge in [-0.2, -0.15) is 5.10 Å². The molecule has 1 unspecified atom stereocenters. The Balaban J connectivity index is 1.48. The SMILES string of the molecule is CC(C(=O)NCCc1ccc(S(N)(=O)=O)cc1)N(C)Cc1cnn(-c2ccccc2)c1. The molecule has 2 aromatic carbocycles. The summed E-state index contributed by atoms with van der Waals surface area (Å²) >= 11 is 0. The molecule has 1 atom stereocenters. The molecule has 0 fully saturated rings. The van der Waals surface area contributed by atoms with Crippen LogP contribution in [-0.2, 0) is 27.8 Å². The minimum absolute atomic E-state index is 0.0703. The molecule has 31 heavy (non-hydrogen) atoms. The van der Waals surface area contributed by atoms with E-state index in [4.69, 9.17) is 5.14 Å². The zero-order valence-corrected chi connectivity index (χ0v) is 18.4. The summed E-state index contributed by atoms with van der Waals surface area (Å²) in [4.78, 5) is 14.5. The fraction of sp³-hybridized carbons (Fsp3) is 0.273. The number of likely N-dealkylation sites (N-methyl/N-ethyl adjacent to an activating group) is 1. The van der Waals surface area contributed by atoms with Gasteiger partial charge in [0.1, 0.15) is 0 Å². The molecule has 1 heterocycles. The first-order chi connectivity index (χ1) is 14.7. The van der Waals surface area contributed by atoms with E-state index in [2.05, 4.69) is 10.4 Å². The number of primary sulfonamides is 1. The zero-order valence-electron chi connectivity index (χ0n) is 17.6. The Labute approximate surface area is 182 Å². The average Bonchev–Trinajstić information content (AvgIpc) is 3.22. The Morgan fingerprint density at radius 3 is 2.45 bits per heavy atom. The molecular weight excluding hydrogens is 414 g/mol. The van der Waals surface area contributed by atoms with Crippen LogP contribution in [0.4, 0.5) is 0 Å². The third-order valence-corrected chi connectivity index (χ3v) is 6.02. The number of rotatable bonds is 9. The van der Waals surface area contributed by atoms with Gasteiger partial charge < -0.3 is 5.32 Å². The van der Waals surface area contributed by atoms with Gasteiger partial charge in [-0.25, -0.2) is 18.2 Å². The first-order valence-corrected chi connectivity index (χ1v) is 11.5. The summed E-state index contributed by atoms with van der Waals surface area (Å²) in [5, 5.41) is 12.4. The molecule has 1 aromatic heterocycles. The van der Waals surface area contributed by atoms with E-state index in [1.807, 2.05) is 60.1 Å². The summed E-state index contributed by atoms with van der Waals surface area (Å²) in [5.74, 6) is -0.0703. The topological polar surface area (TPSA) is 110 Å². The number of para-hydroxylation sites is 1. The van der Waals surface area contributed by atoms with Gasteiger partial charge in [-0.3, -0.25) is 9.69 Å². The van der Waals surface area contributed by atoms with Gasteiger partial charge >= 0.3 is 0 Å². The molecule has 0 spiro atoms. The highest BCUT2D eigenvalue weighted by molar-refractivity contribution is 7.89. The monoisotopic (exact) mass is 441 g/mol. The smallest absolute Gasteiger partial charge is 0.238 e. The van der Waals surface area contributed by atoms with Crippen molar-refractivity contribution in [2.45, 2.75) is 30.8 Å². The highest BCUT2D eigenvalue weighted by atomic mass is 32.2. The second-order valence-corrected chi connectivity index (χ2v) is 9.01. The molecule has 8 nitrogen and oxygen atoms in total. The standard InChI is InChI=1S/C22H27N5O3S/c1-17(22(28)24-13-12-18-8-10-21(11-9-18)31(23,29)30)26(2)15-19-14-25-27(16-19)20-6-4-3-5-7-20/h3-11,14,16-17H,12-13,15H2,1-2H3,(H,24,28)(H2,23,29,30). The van der Waals surface area contributed by atoms with Crippen molar-refractivity contribution >= 4 is 15.9 Å². The summed E-state index contributed by atoms with van der Waals surface area (Å²) < 4.78 is 24.4. The normalized spacial score (nSPS) is 12.6. The maximum atomic E-state index is 12.5. The Kier molecular flexibility index (Phi) is 7.21. The number of aromatic nitrogens is 2. The predicted molar refractivity (Wildman–Crippen MR) is 119 cm³/mol. The summed E-state index contributed by atoms with van der Waals surface area (Å²) in [6.45, 7) is 2.91. The van der Waals surface area contributed by atoms with Crippen molar-refractivity contribution in [1.82, 2.24) is 20.0 Å². The maximum Gasteiger partial charge on any atom is 0.238 e. The number of nitrogens with one attached hydrogen (secondary N) is 1. The number of carbonyl (C=O) groups excluding carboxylic acids is 1. The van der Waals surface area contributed by atoms with E-state index in [0.29, 0.717) is 19.5 Å². The molecule has 0 saturated carbocycles. The molecular formula is C22H27N5O3S. The third kappa shape index (κ3) is 6.24. The molecule has 0 saturated heterocycles. The number of nitrogens with two attached hydrogens (primary N) is 1. The van der Waals surface area contributed by atoms with Crippen LogP contribution < -0.4 is 10.5 Å². The van der Waals surface area contributed by atoms with Crippen LogP contribution in [-0.4, -0.2) is 48.6 Å². The highest BCUT2D eigenvalue weighted by Crippen LogP contribution is 2.11. The quantitative estimate of drug-likeness (QED) is 0.525. The lowest BCUT2D eigenvalue weighted by Crippen LogP contribution is -2.43. The van der Waals surface area contributed by atoms with Crippen LogP contribution >= 0.6 is 0 Å². The Bertz CT molecular complexity index is 1110. The maximum absolute atomic E-state index is 12.5. The van der Waals surface area contributed by atoms with Gasteiger partial charge in [0, 0.05) is 24.8 Å². The fourth-order valence-electron chi connectivity index (χ4n) is 3.11. The first-order valence-electron chi connectivity index (χ1n) is 9.93.